The first kappa shape index (κ1) is 17.8. The van der Waals surface area contributed by atoms with E-state index in [1.54, 1.807) is 0 Å². The summed E-state index contributed by atoms with van der Waals surface area (Å²) in [5.74, 6) is 0. The lowest BCUT2D eigenvalue weighted by Gasteiger charge is -2.23. The fourth-order valence-corrected chi connectivity index (χ4v) is 2.72. The summed E-state index contributed by atoms with van der Waals surface area (Å²) in [4.78, 5) is 16.3. The van der Waals surface area contributed by atoms with Crippen LogP contribution < -0.4 is 5.32 Å². The molecule has 1 heterocycles. The van der Waals surface area contributed by atoms with Gasteiger partial charge in [0.25, 0.3) is 0 Å². The first-order valence-corrected chi connectivity index (χ1v) is 8.52. The molecule has 23 heavy (non-hydrogen) atoms. The monoisotopic (exact) mass is 319 g/mol. The van der Waals surface area contributed by atoms with E-state index < -0.39 is 0 Å². The number of carbonyl (C=O) groups is 1. The Balaban J connectivity index is 1.62. The van der Waals surface area contributed by atoms with E-state index >= 15 is 0 Å². The average Bonchev–Trinajstić information content (AvgIpc) is 2.78. The molecule has 128 valence electrons. The molecule has 5 heteroatoms. The minimum atomic E-state index is 0.0267. The van der Waals surface area contributed by atoms with Crippen molar-refractivity contribution in [3.63, 3.8) is 0 Å². The number of benzene rings is 1. The maximum Gasteiger partial charge on any atom is 0.317 e. The van der Waals surface area contributed by atoms with E-state index in [2.05, 4.69) is 41.5 Å². The molecule has 1 fully saturated rings. The van der Waals surface area contributed by atoms with Crippen LogP contribution in [0.3, 0.4) is 0 Å². The lowest BCUT2D eigenvalue weighted by atomic mass is 10.1. The minimum absolute atomic E-state index is 0.0267. The van der Waals surface area contributed by atoms with Crippen LogP contribution in [-0.4, -0.2) is 68.3 Å². The molecule has 1 aromatic rings. The average molecular weight is 319 g/mol. The van der Waals surface area contributed by atoms with Gasteiger partial charge in [-0.1, -0.05) is 30.3 Å². The fraction of sp³-hybridized carbons (Fsp3) is 0.611. The first-order valence-electron chi connectivity index (χ1n) is 8.52. The van der Waals surface area contributed by atoms with Crippen LogP contribution in [0.5, 0.6) is 0 Å². The fourth-order valence-electron chi connectivity index (χ4n) is 2.72. The number of hydrogen-bond acceptors (Lipinski definition) is 3. The van der Waals surface area contributed by atoms with Gasteiger partial charge in [-0.15, -0.1) is 0 Å². The quantitative estimate of drug-likeness (QED) is 0.872. The van der Waals surface area contributed by atoms with Crippen LogP contribution in [0.2, 0.25) is 0 Å². The minimum Gasteiger partial charge on any atom is -0.377 e. The van der Waals surface area contributed by atoms with Crippen molar-refractivity contribution in [1.29, 1.82) is 0 Å². The SMILES string of the molecule is C[C@@H]1CN(C(=O)NCCN(C)CCc2ccccc2)CCCO1. The molecule has 1 aromatic carbocycles. The molecular formula is C18H29N3O2. The van der Waals surface area contributed by atoms with Crippen molar-refractivity contribution in [1.82, 2.24) is 15.1 Å². The van der Waals surface area contributed by atoms with E-state index in [0.29, 0.717) is 13.1 Å². The number of carbonyl (C=O) groups excluding carboxylic acids is 1. The van der Waals surface area contributed by atoms with Crippen molar-refractivity contribution in [3.05, 3.63) is 35.9 Å². The summed E-state index contributed by atoms with van der Waals surface area (Å²) in [7, 11) is 2.09. The van der Waals surface area contributed by atoms with Gasteiger partial charge in [-0.05, 0) is 32.4 Å². The molecule has 1 aliphatic rings. The van der Waals surface area contributed by atoms with E-state index in [9.17, 15) is 4.79 Å². The van der Waals surface area contributed by atoms with Crippen molar-refractivity contribution >= 4 is 6.03 Å². The molecule has 0 radical (unpaired) electrons. The van der Waals surface area contributed by atoms with Crippen LogP contribution in [-0.2, 0) is 11.2 Å². The largest absolute Gasteiger partial charge is 0.377 e. The van der Waals surface area contributed by atoms with Crippen molar-refractivity contribution in [2.24, 2.45) is 0 Å². The zero-order valence-electron chi connectivity index (χ0n) is 14.3. The molecule has 1 N–H and O–H groups in total. The second-order valence-electron chi connectivity index (χ2n) is 6.25. The lowest BCUT2D eigenvalue weighted by Crippen LogP contribution is -2.45. The number of hydrogen-bond donors (Lipinski definition) is 1. The number of nitrogens with zero attached hydrogens (tertiary/aromatic N) is 2. The Kier molecular flexibility index (Phi) is 7.36. The van der Waals surface area contributed by atoms with Crippen LogP contribution >= 0.6 is 0 Å². The van der Waals surface area contributed by atoms with Gasteiger partial charge < -0.3 is 19.9 Å². The molecular weight excluding hydrogens is 290 g/mol. The molecule has 0 saturated carbocycles. The number of rotatable bonds is 6. The Morgan fingerprint density at radius 1 is 1.35 bits per heavy atom. The Morgan fingerprint density at radius 3 is 2.91 bits per heavy atom. The zero-order chi connectivity index (χ0) is 16.5. The third-order valence-corrected chi connectivity index (χ3v) is 4.13. The second-order valence-corrected chi connectivity index (χ2v) is 6.25. The molecule has 1 aliphatic heterocycles. The van der Waals surface area contributed by atoms with E-state index in [0.717, 1.165) is 39.1 Å². The van der Waals surface area contributed by atoms with Crippen LogP contribution in [0.25, 0.3) is 0 Å². The van der Waals surface area contributed by atoms with Crippen molar-refractivity contribution < 1.29 is 9.53 Å². The molecule has 2 amide bonds. The van der Waals surface area contributed by atoms with Crippen molar-refractivity contribution in [2.45, 2.75) is 25.9 Å². The summed E-state index contributed by atoms with van der Waals surface area (Å²) in [5, 5.41) is 3.02. The molecule has 0 aromatic heterocycles. The Hall–Kier alpha value is -1.59. The van der Waals surface area contributed by atoms with Crippen LogP contribution in [0, 0.1) is 0 Å². The second kappa shape index (κ2) is 9.53. The highest BCUT2D eigenvalue weighted by Crippen LogP contribution is 2.05. The number of amides is 2. The van der Waals surface area contributed by atoms with Gasteiger partial charge in [-0.2, -0.15) is 0 Å². The summed E-state index contributed by atoms with van der Waals surface area (Å²) in [5.41, 5.74) is 1.35. The van der Waals surface area contributed by atoms with Gasteiger partial charge in [0, 0.05) is 39.3 Å². The van der Waals surface area contributed by atoms with Crippen LogP contribution in [0.15, 0.2) is 30.3 Å². The summed E-state index contributed by atoms with van der Waals surface area (Å²) in [6.07, 6.45) is 2.07. The van der Waals surface area contributed by atoms with E-state index in [4.69, 9.17) is 4.74 Å². The molecule has 5 nitrogen and oxygen atoms in total. The van der Waals surface area contributed by atoms with Crippen molar-refractivity contribution in [3.8, 4) is 0 Å². The van der Waals surface area contributed by atoms with Gasteiger partial charge in [0.1, 0.15) is 0 Å². The van der Waals surface area contributed by atoms with E-state index in [1.165, 1.54) is 5.56 Å². The highest BCUT2D eigenvalue weighted by molar-refractivity contribution is 5.74. The standard InChI is InChI=1S/C18H29N3O2/c1-16-15-21(11-6-14-23-16)18(22)19-10-13-20(2)12-9-17-7-4-3-5-8-17/h3-5,7-8,16H,6,9-15H2,1-2H3,(H,19,22)/t16-/m1/s1. The topological polar surface area (TPSA) is 44.8 Å². The van der Waals surface area contributed by atoms with E-state index in [-0.39, 0.29) is 12.1 Å². The summed E-state index contributed by atoms with van der Waals surface area (Å²) >= 11 is 0. The summed E-state index contributed by atoms with van der Waals surface area (Å²) in [6.45, 7) is 6.74. The lowest BCUT2D eigenvalue weighted by molar-refractivity contribution is 0.0710. The van der Waals surface area contributed by atoms with Gasteiger partial charge >= 0.3 is 6.03 Å². The normalized spacial score (nSPS) is 18.7. The highest BCUT2D eigenvalue weighted by atomic mass is 16.5. The summed E-state index contributed by atoms with van der Waals surface area (Å²) in [6, 6.07) is 10.5. The van der Waals surface area contributed by atoms with Gasteiger partial charge in [-0.3, -0.25) is 0 Å². The first-order chi connectivity index (χ1) is 11.1. The van der Waals surface area contributed by atoms with Gasteiger partial charge in [-0.25, -0.2) is 4.79 Å². The van der Waals surface area contributed by atoms with E-state index in [1.807, 2.05) is 17.9 Å². The van der Waals surface area contributed by atoms with Crippen molar-refractivity contribution in [2.75, 3.05) is 46.4 Å². The molecule has 1 atom stereocenters. The summed E-state index contributed by atoms with van der Waals surface area (Å²) < 4.78 is 5.57. The molecule has 2 rings (SSSR count). The molecule has 0 spiro atoms. The molecule has 0 bridgehead atoms. The maximum absolute atomic E-state index is 12.2. The molecule has 1 saturated heterocycles. The van der Waals surface area contributed by atoms with Crippen LogP contribution in [0.4, 0.5) is 4.79 Å². The smallest absolute Gasteiger partial charge is 0.317 e. The number of nitrogens with one attached hydrogen (secondary N) is 1. The van der Waals surface area contributed by atoms with Crippen LogP contribution in [0.1, 0.15) is 18.9 Å². The number of urea groups is 1. The predicted octanol–water partition coefficient (Wildman–Crippen LogP) is 1.98. The third kappa shape index (κ3) is 6.59. The Labute approximate surface area is 139 Å². The predicted molar refractivity (Wildman–Crippen MR) is 92.6 cm³/mol. The maximum atomic E-state index is 12.2. The molecule has 0 unspecified atom stereocenters. The van der Waals surface area contributed by atoms with Gasteiger partial charge in [0.15, 0.2) is 0 Å². The highest BCUT2D eigenvalue weighted by Gasteiger charge is 2.19. The molecule has 0 aliphatic carbocycles. The third-order valence-electron chi connectivity index (χ3n) is 4.13. The Morgan fingerprint density at radius 2 is 2.13 bits per heavy atom. The Bertz CT molecular complexity index is 467. The van der Waals surface area contributed by atoms with Gasteiger partial charge in [0.2, 0.25) is 0 Å². The number of ether oxygens (including phenoxy) is 1. The zero-order valence-corrected chi connectivity index (χ0v) is 14.3. The number of likely N-dealkylation sites (N-methyl/N-ethyl adjacent to an activating group) is 1. The van der Waals surface area contributed by atoms with Gasteiger partial charge in [0.05, 0.1) is 6.10 Å².